The number of benzene rings is 1. The van der Waals surface area contributed by atoms with E-state index in [0.29, 0.717) is 29.5 Å². The van der Waals surface area contributed by atoms with Gasteiger partial charge in [0.05, 0.1) is 13.0 Å². The van der Waals surface area contributed by atoms with Crippen LogP contribution in [0.5, 0.6) is 5.75 Å². The fraction of sp³-hybridized carbons (Fsp3) is 0.400. The van der Waals surface area contributed by atoms with E-state index in [9.17, 15) is 9.59 Å². The number of hydrogen-bond donors (Lipinski definition) is 1. The van der Waals surface area contributed by atoms with Gasteiger partial charge in [0.25, 0.3) is 0 Å². The molecule has 126 valence electrons. The van der Waals surface area contributed by atoms with Crippen molar-refractivity contribution in [2.45, 2.75) is 13.3 Å². The third-order valence-corrected chi connectivity index (χ3v) is 4.01. The lowest BCUT2D eigenvalue weighted by Crippen LogP contribution is -2.25. The van der Waals surface area contributed by atoms with Crippen LogP contribution in [0.2, 0.25) is 0 Å². The van der Waals surface area contributed by atoms with E-state index in [0.717, 1.165) is 0 Å². The number of carbonyl (C=O) groups is 2. The summed E-state index contributed by atoms with van der Waals surface area (Å²) in [6.07, 6.45) is 0.234. The molecular formula is C15H18N6O3. The van der Waals surface area contributed by atoms with Crippen LogP contribution in [0.4, 0.5) is 5.69 Å². The van der Waals surface area contributed by atoms with E-state index < -0.39 is 0 Å². The molecule has 1 fully saturated rings. The number of likely N-dealkylation sites (tertiary alicyclic amines) is 1. The second kappa shape index (κ2) is 6.26. The molecule has 0 unspecified atom stereocenters. The minimum atomic E-state index is -0.345. The number of carbonyl (C=O) groups excluding carboxylic acids is 2. The molecule has 9 nitrogen and oxygen atoms in total. The van der Waals surface area contributed by atoms with Crippen LogP contribution in [-0.2, 0) is 9.59 Å². The summed E-state index contributed by atoms with van der Waals surface area (Å²) in [5.41, 5.74) is 1.21. The first kappa shape index (κ1) is 15.9. The van der Waals surface area contributed by atoms with Crippen LogP contribution >= 0.6 is 0 Å². The minimum Gasteiger partial charge on any atom is -0.494 e. The van der Waals surface area contributed by atoms with Crippen molar-refractivity contribution in [3.05, 3.63) is 24.0 Å². The van der Waals surface area contributed by atoms with Crippen LogP contribution < -0.4 is 10.1 Å². The lowest BCUT2D eigenvalue weighted by Gasteiger charge is -2.14. The van der Waals surface area contributed by atoms with Gasteiger partial charge >= 0.3 is 0 Å². The molecule has 0 radical (unpaired) electrons. The fourth-order valence-electron chi connectivity index (χ4n) is 2.67. The number of tetrazole rings is 1. The van der Waals surface area contributed by atoms with Crippen LogP contribution in [0, 0.1) is 12.8 Å². The summed E-state index contributed by atoms with van der Waals surface area (Å²) in [7, 11) is 3.25. The number of rotatable bonds is 4. The molecule has 0 saturated carbocycles. The number of amides is 2. The van der Waals surface area contributed by atoms with Gasteiger partial charge in [0.1, 0.15) is 11.4 Å². The highest BCUT2D eigenvalue weighted by atomic mass is 16.5. The van der Waals surface area contributed by atoms with Gasteiger partial charge in [-0.05, 0) is 35.5 Å². The number of methoxy groups -OCH3 is 1. The smallest absolute Gasteiger partial charge is 0.229 e. The van der Waals surface area contributed by atoms with Crippen LogP contribution in [-0.4, -0.2) is 57.6 Å². The van der Waals surface area contributed by atoms with Crippen LogP contribution in [0.3, 0.4) is 0 Å². The summed E-state index contributed by atoms with van der Waals surface area (Å²) in [6.45, 7) is 2.20. The predicted molar refractivity (Wildman–Crippen MR) is 84.8 cm³/mol. The molecule has 1 aliphatic rings. The van der Waals surface area contributed by atoms with E-state index in [2.05, 4.69) is 20.8 Å². The lowest BCUT2D eigenvalue weighted by atomic mass is 10.1. The highest BCUT2D eigenvalue weighted by molar-refractivity contribution is 5.97. The maximum absolute atomic E-state index is 12.4. The zero-order valence-corrected chi connectivity index (χ0v) is 13.7. The number of ether oxygens (including phenoxy) is 1. The van der Waals surface area contributed by atoms with Crippen LogP contribution in [0.15, 0.2) is 18.2 Å². The third-order valence-electron chi connectivity index (χ3n) is 4.01. The molecule has 24 heavy (non-hydrogen) atoms. The Labute approximate surface area is 138 Å². The molecule has 2 aromatic rings. The number of nitrogens with one attached hydrogen (secondary N) is 1. The Morgan fingerprint density at radius 3 is 2.79 bits per heavy atom. The number of aryl methyl sites for hydroxylation is 1. The van der Waals surface area contributed by atoms with Gasteiger partial charge in [-0.3, -0.25) is 9.59 Å². The first-order chi connectivity index (χ1) is 11.5. The van der Waals surface area contributed by atoms with Gasteiger partial charge in [0.2, 0.25) is 11.8 Å². The molecule has 3 rings (SSSR count). The molecule has 0 spiro atoms. The molecule has 9 heteroatoms. The number of aromatic nitrogens is 4. The Hall–Kier alpha value is -2.97. The predicted octanol–water partition coefficient (Wildman–Crippen LogP) is 0.396. The summed E-state index contributed by atoms with van der Waals surface area (Å²) in [4.78, 5) is 25.5. The minimum absolute atomic E-state index is 0.0186. The standard InChI is InChI=1S/C15H18N6O3/c1-9-17-18-19-21(9)12-7-11(4-5-13(12)24-3)16-15(23)10-6-14(22)20(2)8-10/h4-5,7,10H,6,8H2,1-3H3,(H,16,23)/t10-/m1/s1. The summed E-state index contributed by atoms with van der Waals surface area (Å²) < 4.78 is 6.86. The average molecular weight is 330 g/mol. The van der Waals surface area contributed by atoms with Crippen molar-refractivity contribution >= 4 is 17.5 Å². The highest BCUT2D eigenvalue weighted by Gasteiger charge is 2.32. The molecule has 1 saturated heterocycles. The first-order valence-electron chi connectivity index (χ1n) is 7.48. The van der Waals surface area contributed by atoms with Crippen molar-refractivity contribution in [1.29, 1.82) is 0 Å². The fourth-order valence-corrected chi connectivity index (χ4v) is 2.67. The van der Waals surface area contributed by atoms with Gasteiger partial charge in [0, 0.05) is 25.7 Å². The van der Waals surface area contributed by atoms with Crippen molar-refractivity contribution < 1.29 is 14.3 Å². The largest absolute Gasteiger partial charge is 0.494 e. The maximum Gasteiger partial charge on any atom is 0.229 e. The number of nitrogens with zero attached hydrogens (tertiary/aromatic N) is 5. The van der Waals surface area contributed by atoms with Gasteiger partial charge in [-0.25, -0.2) is 0 Å². The zero-order chi connectivity index (χ0) is 17.3. The maximum atomic E-state index is 12.4. The molecule has 0 bridgehead atoms. The molecule has 0 aliphatic carbocycles. The van der Waals surface area contributed by atoms with Crippen molar-refractivity contribution in [3.8, 4) is 11.4 Å². The van der Waals surface area contributed by atoms with Crippen molar-refractivity contribution in [2.75, 3.05) is 26.0 Å². The van der Waals surface area contributed by atoms with Gasteiger partial charge in [0.15, 0.2) is 5.82 Å². The average Bonchev–Trinajstić information content (AvgIpc) is 3.13. The van der Waals surface area contributed by atoms with Crippen LogP contribution in [0.25, 0.3) is 5.69 Å². The molecule has 1 aromatic carbocycles. The van der Waals surface area contributed by atoms with E-state index in [4.69, 9.17) is 4.74 Å². The second-order valence-corrected chi connectivity index (χ2v) is 5.69. The van der Waals surface area contributed by atoms with Gasteiger partial charge in [-0.2, -0.15) is 4.68 Å². The molecule has 1 aliphatic heterocycles. The Bertz CT molecular complexity index is 787. The van der Waals surface area contributed by atoms with Crippen molar-refractivity contribution in [2.24, 2.45) is 5.92 Å². The number of hydrogen-bond acceptors (Lipinski definition) is 6. The van der Waals surface area contributed by atoms with E-state index >= 15 is 0 Å². The highest BCUT2D eigenvalue weighted by Crippen LogP contribution is 2.27. The summed E-state index contributed by atoms with van der Waals surface area (Å²) in [5, 5.41) is 14.2. The molecule has 1 N–H and O–H groups in total. The Balaban J connectivity index is 1.83. The molecular weight excluding hydrogens is 312 g/mol. The Kier molecular flexibility index (Phi) is 4.15. The van der Waals surface area contributed by atoms with Crippen molar-refractivity contribution in [3.63, 3.8) is 0 Å². The summed E-state index contributed by atoms with van der Waals surface area (Å²) >= 11 is 0. The SMILES string of the molecule is COc1ccc(NC(=O)[C@@H]2CC(=O)N(C)C2)cc1-n1nnnc1C. The first-order valence-corrected chi connectivity index (χ1v) is 7.48. The van der Waals surface area contributed by atoms with E-state index in [-0.39, 0.29) is 24.2 Å². The zero-order valence-electron chi connectivity index (χ0n) is 13.7. The third kappa shape index (κ3) is 2.92. The molecule has 2 heterocycles. The summed E-state index contributed by atoms with van der Waals surface area (Å²) in [5.74, 6) is 0.633. The van der Waals surface area contributed by atoms with Crippen LogP contribution in [0.1, 0.15) is 12.2 Å². The number of anilines is 1. The van der Waals surface area contributed by atoms with Gasteiger partial charge in [-0.15, -0.1) is 5.10 Å². The molecule has 2 amide bonds. The van der Waals surface area contributed by atoms with Gasteiger partial charge < -0.3 is 15.0 Å². The lowest BCUT2D eigenvalue weighted by molar-refractivity contribution is -0.127. The van der Waals surface area contributed by atoms with E-state index in [1.807, 2.05) is 0 Å². The van der Waals surface area contributed by atoms with E-state index in [1.54, 1.807) is 44.2 Å². The summed E-state index contributed by atoms with van der Waals surface area (Å²) in [6, 6.07) is 5.21. The van der Waals surface area contributed by atoms with E-state index in [1.165, 1.54) is 4.68 Å². The molecule has 1 atom stereocenters. The second-order valence-electron chi connectivity index (χ2n) is 5.69. The van der Waals surface area contributed by atoms with Gasteiger partial charge in [-0.1, -0.05) is 0 Å². The topological polar surface area (TPSA) is 102 Å². The van der Waals surface area contributed by atoms with Crippen molar-refractivity contribution in [1.82, 2.24) is 25.1 Å². The normalized spacial score (nSPS) is 17.2. The molecule has 1 aromatic heterocycles. The Morgan fingerprint density at radius 1 is 1.42 bits per heavy atom. The quantitative estimate of drug-likeness (QED) is 0.870. The Morgan fingerprint density at radius 2 is 2.21 bits per heavy atom. The monoisotopic (exact) mass is 330 g/mol.